The monoisotopic (exact) mass is 374 g/mol. The Balaban J connectivity index is 2.34. The second kappa shape index (κ2) is 5.70. The normalized spacial score (nSPS) is 23.2. The lowest BCUT2D eigenvalue weighted by Gasteiger charge is -2.23. The van der Waals surface area contributed by atoms with Gasteiger partial charge in [-0.3, -0.25) is 4.79 Å². The standard InChI is InChI=1S/C14H19BrN2O3S/c1-10-4-5-11(15)8-12(10)21(19,20)17-7-6-14(2,9-17)13(18)16-3/h4-5,8H,6-7,9H2,1-3H3,(H,16,18). The van der Waals surface area contributed by atoms with Crippen molar-refractivity contribution in [1.82, 2.24) is 9.62 Å². The van der Waals surface area contributed by atoms with Crippen molar-refractivity contribution in [1.29, 1.82) is 0 Å². The SMILES string of the molecule is CNC(=O)C1(C)CCN(S(=O)(=O)c2cc(Br)ccc2C)C1. The number of rotatable bonds is 3. The summed E-state index contributed by atoms with van der Waals surface area (Å²) in [5.74, 6) is -0.119. The minimum Gasteiger partial charge on any atom is -0.359 e. The summed E-state index contributed by atoms with van der Waals surface area (Å²) in [4.78, 5) is 12.2. The van der Waals surface area contributed by atoms with E-state index >= 15 is 0 Å². The summed E-state index contributed by atoms with van der Waals surface area (Å²) < 4.78 is 27.7. The van der Waals surface area contributed by atoms with E-state index in [0.717, 1.165) is 4.47 Å². The predicted molar refractivity (Wildman–Crippen MR) is 84.4 cm³/mol. The van der Waals surface area contributed by atoms with E-state index in [2.05, 4.69) is 21.2 Å². The first-order valence-electron chi connectivity index (χ1n) is 6.69. The zero-order valence-corrected chi connectivity index (χ0v) is 14.7. The molecule has 0 spiro atoms. The van der Waals surface area contributed by atoms with Crippen LogP contribution in [-0.2, 0) is 14.8 Å². The fourth-order valence-corrected chi connectivity index (χ4v) is 4.93. The molecular weight excluding hydrogens is 356 g/mol. The van der Waals surface area contributed by atoms with Crippen molar-refractivity contribution in [3.63, 3.8) is 0 Å². The fourth-order valence-electron chi connectivity index (χ4n) is 2.60. The van der Waals surface area contributed by atoms with Crippen LogP contribution < -0.4 is 5.32 Å². The predicted octanol–water partition coefficient (Wildman–Crippen LogP) is 1.90. The first kappa shape index (κ1) is 16.5. The highest BCUT2D eigenvalue weighted by Crippen LogP contribution is 2.34. The average molecular weight is 375 g/mol. The molecule has 0 radical (unpaired) electrons. The number of halogens is 1. The topological polar surface area (TPSA) is 66.5 Å². The summed E-state index contributed by atoms with van der Waals surface area (Å²) in [5, 5.41) is 2.61. The summed E-state index contributed by atoms with van der Waals surface area (Å²) in [6.07, 6.45) is 0.527. The number of benzene rings is 1. The van der Waals surface area contributed by atoms with Crippen LogP contribution in [0.5, 0.6) is 0 Å². The lowest BCUT2D eigenvalue weighted by atomic mass is 9.89. The number of sulfonamides is 1. The Morgan fingerprint density at radius 3 is 2.71 bits per heavy atom. The summed E-state index contributed by atoms with van der Waals surface area (Å²) in [5.41, 5.74) is 0.0357. The molecule has 1 aliphatic heterocycles. The van der Waals surface area contributed by atoms with Crippen LogP contribution in [0.25, 0.3) is 0 Å². The van der Waals surface area contributed by atoms with Gasteiger partial charge < -0.3 is 5.32 Å². The lowest BCUT2D eigenvalue weighted by Crippen LogP contribution is -2.40. The Morgan fingerprint density at radius 2 is 2.10 bits per heavy atom. The number of hydrogen-bond donors (Lipinski definition) is 1. The lowest BCUT2D eigenvalue weighted by molar-refractivity contribution is -0.128. The molecule has 1 fully saturated rings. The van der Waals surface area contributed by atoms with Gasteiger partial charge in [-0.25, -0.2) is 8.42 Å². The summed E-state index contributed by atoms with van der Waals surface area (Å²) in [6, 6.07) is 5.19. The molecule has 0 bridgehead atoms. The molecule has 21 heavy (non-hydrogen) atoms. The summed E-state index contributed by atoms with van der Waals surface area (Å²) in [6.45, 7) is 4.14. The first-order chi connectivity index (χ1) is 9.70. The highest BCUT2D eigenvalue weighted by molar-refractivity contribution is 9.10. The molecule has 0 aliphatic carbocycles. The van der Waals surface area contributed by atoms with Gasteiger partial charge in [0, 0.05) is 24.6 Å². The van der Waals surface area contributed by atoms with Crippen molar-refractivity contribution in [2.75, 3.05) is 20.1 Å². The summed E-state index contributed by atoms with van der Waals surface area (Å²) in [7, 11) is -2.01. The number of hydrogen-bond acceptors (Lipinski definition) is 3. The van der Waals surface area contributed by atoms with E-state index in [9.17, 15) is 13.2 Å². The van der Waals surface area contributed by atoms with Crippen molar-refractivity contribution in [2.45, 2.75) is 25.2 Å². The van der Waals surface area contributed by atoms with Gasteiger partial charge in [0.1, 0.15) is 0 Å². The largest absolute Gasteiger partial charge is 0.359 e. The van der Waals surface area contributed by atoms with Gasteiger partial charge in [0.15, 0.2) is 0 Å². The molecular formula is C14H19BrN2O3S. The number of carbonyl (C=O) groups is 1. The molecule has 1 saturated heterocycles. The molecule has 0 saturated carbocycles. The molecule has 1 unspecified atom stereocenters. The van der Waals surface area contributed by atoms with Crippen molar-refractivity contribution in [2.24, 2.45) is 5.41 Å². The van der Waals surface area contributed by atoms with Crippen LogP contribution in [0, 0.1) is 12.3 Å². The van der Waals surface area contributed by atoms with E-state index in [1.165, 1.54) is 4.31 Å². The van der Waals surface area contributed by atoms with Crippen LogP contribution in [0.15, 0.2) is 27.6 Å². The Hall–Kier alpha value is -0.920. The zero-order valence-electron chi connectivity index (χ0n) is 12.3. The van der Waals surface area contributed by atoms with E-state index in [1.54, 1.807) is 33.0 Å². The molecule has 1 heterocycles. The van der Waals surface area contributed by atoms with Crippen LogP contribution in [0.1, 0.15) is 18.9 Å². The number of aryl methyl sites for hydroxylation is 1. The maximum atomic E-state index is 12.8. The third-order valence-electron chi connectivity index (χ3n) is 3.98. The van der Waals surface area contributed by atoms with Gasteiger partial charge in [0.05, 0.1) is 10.3 Å². The second-order valence-electron chi connectivity index (χ2n) is 5.64. The highest BCUT2D eigenvalue weighted by Gasteiger charge is 2.44. The van der Waals surface area contributed by atoms with E-state index < -0.39 is 15.4 Å². The molecule has 0 aromatic heterocycles. The third kappa shape index (κ3) is 3.00. The molecule has 116 valence electrons. The molecule has 1 aromatic rings. The van der Waals surface area contributed by atoms with Crippen molar-refractivity contribution in [3.8, 4) is 0 Å². The molecule has 2 rings (SSSR count). The maximum absolute atomic E-state index is 12.8. The van der Waals surface area contributed by atoms with Crippen LogP contribution in [0.4, 0.5) is 0 Å². The van der Waals surface area contributed by atoms with E-state index in [1.807, 2.05) is 6.07 Å². The van der Waals surface area contributed by atoms with Crippen molar-refractivity contribution in [3.05, 3.63) is 28.2 Å². The minimum absolute atomic E-state index is 0.119. The number of nitrogens with zero attached hydrogens (tertiary/aromatic N) is 1. The van der Waals surface area contributed by atoms with E-state index in [-0.39, 0.29) is 17.3 Å². The average Bonchev–Trinajstić information content (AvgIpc) is 2.85. The van der Waals surface area contributed by atoms with Crippen LogP contribution >= 0.6 is 15.9 Å². The van der Waals surface area contributed by atoms with Gasteiger partial charge in [-0.1, -0.05) is 22.0 Å². The van der Waals surface area contributed by atoms with Crippen molar-refractivity contribution >= 4 is 31.9 Å². The van der Waals surface area contributed by atoms with Crippen LogP contribution in [0.3, 0.4) is 0 Å². The van der Waals surface area contributed by atoms with Crippen LogP contribution in [0.2, 0.25) is 0 Å². The number of nitrogens with one attached hydrogen (secondary N) is 1. The van der Waals surface area contributed by atoms with E-state index in [4.69, 9.17) is 0 Å². The number of carbonyl (C=O) groups excluding carboxylic acids is 1. The Morgan fingerprint density at radius 1 is 1.43 bits per heavy atom. The minimum atomic E-state index is -3.58. The maximum Gasteiger partial charge on any atom is 0.243 e. The van der Waals surface area contributed by atoms with Gasteiger partial charge in [0.2, 0.25) is 15.9 Å². The van der Waals surface area contributed by atoms with Gasteiger partial charge in [-0.05, 0) is 38.0 Å². The third-order valence-corrected chi connectivity index (χ3v) is 6.46. The fraction of sp³-hybridized carbons (Fsp3) is 0.500. The summed E-state index contributed by atoms with van der Waals surface area (Å²) >= 11 is 3.31. The van der Waals surface area contributed by atoms with Crippen LogP contribution in [-0.4, -0.2) is 38.8 Å². The number of amides is 1. The second-order valence-corrected chi connectivity index (χ2v) is 8.46. The highest BCUT2D eigenvalue weighted by atomic mass is 79.9. The quantitative estimate of drug-likeness (QED) is 0.878. The molecule has 1 aromatic carbocycles. The van der Waals surface area contributed by atoms with Gasteiger partial charge in [-0.15, -0.1) is 0 Å². The van der Waals surface area contributed by atoms with Crippen molar-refractivity contribution < 1.29 is 13.2 Å². The molecule has 7 heteroatoms. The molecule has 1 aliphatic rings. The first-order valence-corrected chi connectivity index (χ1v) is 8.92. The van der Waals surface area contributed by atoms with E-state index in [0.29, 0.717) is 18.5 Å². The van der Waals surface area contributed by atoms with Gasteiger partial charge in [-0.2, -0.15) is 4.31 Å². The Bertz CT molecular complexity index is 675. The van der Waals surface area contributed by atoms with Gasteiger partial charge in [0.25, 0.3) is 0 Å². The Kier molecular flexibility index (Phi) is 4.46. The molecule has 5 nitrogen and oxygen atoms in total. The molecule has 1 amide bonds. The van der Waals surface area contributed by atoms with Gasteiger partial charge >= 0.3 is 0 Å². The Labute approximate surface area is 133 Å². The smallest absolute Gasteiger partial charge is 0.243 e. The molecule has 1 N–H and O–H groups in total. The zero-order chi connectivity index (χ0) is 15.8. The molecule has 1 atom stereocenters.